The van der Waals surface area contributed by atoms with E-state index in [4.69, 9.17) is 23.9 Å². The highest BCUT2D eigenvalue weighted by molar-refractivity contribution is 7.09. The fraction of sp³-hybridized carbons (Fsp3) is 0.522. The van der Waals surface area contributed by atoms with E-state index in [9.17, 15) is 9.59 Å². The zero-order chi connectivity index (χ0) is 22.1. The first-order chi connectivity index (χ1) is 14.9. The first-order valence-electron chi connectivity index (χ1n) is 10.5. The van der Waals surface area contributed by atoms with Crippen LogP contribution in [-0.4, -0.2) is 43.4 Å². The summed E-state index contributed by atoms with van der Waals surface area (Å²) in [6, 6.07) is 7.80. The number of carbonyl (C=O) groups is 2. The molecule has 2 saturated heterocycles. The van der Waals surface area contributed by atoms with Crippen molar-refractivity contribution in [2.45, 2.75) is 51.2 Å². The van der Waals surface area contributed by atoms with Gasteiger partial charge >= 0.3 is 11.9 Å². The van der Waals surface area contributed by atoms with Crippen molar-refractivity contribution in [3.63, 3.8) is 0 Å². The van der Waals surface area contributed by atoms with Gasteiger partial charge < -0.3 is 18.9 Å². The van der Waals surface area contributed by atoms with Gasteiger partial charge in [-0.2, -0.15) is 0 Å². The minimum Gasteiger partial charge on any atom is -0.496 e. The van der Waals surface area contributed by atoms with E-state index in [1.165, 1.54) is 11.3 Å². The number of hydrogen-bond donors (Lipinski definition) is 0. The highest BCUT2D eigenvalue weighted by atomic mass is 32.1. The van der Waals surface area contributed by atoms with E-state index < -0.39 is 29.1 Å². The maximum atomic E-state index is 12.8. The average Bonchev–Trinajstić information content (AvgIpc) is 3.41. The van der Waals surface area contributed by atoms with Gasteiger partial charge in [-0.05, 0) is 19.4 Å². The lowest BCUT2D eigenvalue weighted by Crippen LogP contribution is -2.32. The van der Waals surface area contributed by atoms with E-state index in [-0.39, 0.29) is 12.8 Å². The second kappa shape index (κ2) is 8.59. The van der Waals surface area contributed by atoms with Crippen LogP contribution in [0.15, 0.2) is 29.6 Å². The molecule has 31 heavy (non-hydrogen) atoms. The molecule has 3 heterocycles. The van der Waals surface area contributed by atoms with Crippen LogP contribution in [0.2, 0.25) is 0 Å². The van der Waals surface area contributed by atoms with Gasteiger partial charge in [0.15, 0.2) is 11.0 Å². The second-order valence-corrected chi connectivity index (χ2v) is 9.24. The Kier molecular flexibility index (Phi) is 6.03. The quantitative estimate of drug-likeness (QED) is 0.348. The molecule has 0 radical (unpaired) electrons. The Hall–Kier alpha value is -2.45. The van der Waals surface area contributed by atoms with Gasteiger partial charge in [-0.25, -0.2) is 4.98 Å². The van der Waals surface area contributed by atoms with Crippen molar-refractivity contribution in [3.8, 4) is 5.75 Å². The smallest absolute Gasteiger partial charge is 0.324 e. The van der Waals surface area contributed by atoms with Crippen LogP contribution in [0.3, 0.4) is 0 Å². The minimum absolute atomic E-state index is 0.222. The van der Waals surface area contributed by atoms with Gasteiger partial charge in [0.25, 0.3) is 0 Å². The Balaban J connectivity index is 1.50. The van der Waals surface area contributed by atoms with Crippen LogP contribution in [0.25, 0.3) is 0 Å². The Morgan fingerprint density at radius 2 is 2.06 bits per heavy atom. The van der Waals surface area contributed by atoms with E-state index >= 15 is 0 Å². The third-order valence-electron chi connectivity index (χ3n) is 5.87. The maximum Gasteiger partial charge on any atom is 0.324 e. The summed E-state index contributed by atoms with van der Waals surface area (Å²) in [5.41, 5.74) is -0.553. The van der Waals surface area contributed by atoms with Gasteiger partial charge in [-0.3, -0.25) is 9.59 Å². The summed E-state index contributed by atoms with van der Waals surface area (Å²) in [6.45, 7) is 4.72. The number of hydrogen-bond acceptors (Lipinski definition) is 8. The lowest BCUT2D eigenvalue weighted by molar-refractivity contribution is -0.160. The number of ether oxygens (including phenoxy) is 4. The number of nitrogens with zero attached hydrogens (tertiary/aromatic N) is 1. The van der Waals surface area contributed by atoms with Crippen molar-refractivity contribution in [2.24, 2.45) is 5.41 Å². The van der Waals surface area contributed by atoms with E-state index in [0.717, 1.165) is 22.7 Å². The molecule has 0 N–H and O–H groups in total. The molecule has 7 nitrogen and oxygen atoms in total. The van der Waals surface area contributed by atoms with Crippen LogP contribution >= 0.6 is 11.3 Å². The standard InChI is InChI=1S/C23H27NO6S/c1-4-9-28-12-16-11-23(20(25)29-16)14-22(2,30-21(23)26)18-13-31-19(24-18)10-15-7-5-6-8-17(15)27-3/h5-8,13,16H,4,9-12,14H2,1-3H3/t16-,22+,23+/m0/s1. The number of cyclic esters (lactones) is 2. The molecule has 1 aromatic heterocycles. The number of carbonyl (C=O) groups excluding carboxylic acids is 2. The normalized spacial score (nSPS) is 27.5. The Bertz CT molecular complexity index is 974. The van der Waals surface area contributed by atoms with E-state index in [2.05, 4.69) is 0 Å². The topological polar surface area (TPSA) is 84.0 Å². The van der Waals surface area contributed by atoms with Crippen LogP contribution in [0, 0.1) is 5.41 Å². The SMILES string of the molecule is CCCOC[C@@H]1C[C@@]2(C[C@](C)(c3csc(Cc4ccccc4OC)n3)OC2=O)C(=O)O1. The van der Waals surface area contributed by atoms with Crippen LogP contribution in [0.4, 0.5) is 0 Å². The minimum atomic E-state index is -1.28. The van der Waals surface area contributed by atoms with Gasteiger partial charge in [0, 0.05) is 36.8 Å². The van der Waals surface area contributed by atoms with Crippen molar-refractivity contribution in [3.05, 3.63) is 45.9 Å². The lowest BCUT2D eigenvalue weighted by atomic mass is 9.78. The highest BCUT2D eigenvalue weighted by Crippen LogP contribution is 2.52. The fourth-order valence-corrected chi connectivity index (χ4v) is 5.26. The number of methoxy groups -OCH3 is 1. The molecular formula is C23H27NO6S. The zero-order valence-electron chi connectivity index (χ0n) is 18.0. The summed E-state index contributed by atoms with van der Waals surface area (Å²) < 4.78 is 22.2. The molecule has 0 unspecified atom stereocenters. The number of rotatable bonds is 8. The number of esters is 2. The van der Waals surface area contributed by atoms with Gasteiger partial charge in [-0.1, -0.05) is 25.1 Å². The van der Waals surface area contributed by atoms with Crippen LogP contribution < -0.4 is 4.74 Å². The predicted octanol–water partition coefficient (Wildman–Crippen LogP) is 3.63. The molecule has 4 rings (SSSR count). The van der Waals surface area contributed by atoms with Crippen LogP contribution in [0.5, 0.6) is 5.75 Å². The van der Waals surface area contributed by atoms with E-state index in [0.29, 0.717) is 25.3 Å². The molecule has 2 fully saturated rings. The molecule has 0 aliphatic carbocycles. The lowest BCUT2D eigenvalue weighted by Gasteiger charge is -2.20. The van der Waals surface area contributed by atoms with Crippen molar-refractivity contribution in [1.82, 2.24) is 4.98 Å². The Labute approximate surface area is 185 Å². The Morgan fingerprint density at radius 3 is 2.84 bits per heavy atom. The molecule has 2 aromatic rings. The molecule has 1 aromatic carbocycles. The number of thiazole rings is 1. The molecule has 1 spiro atoms. The zero-order valence-corrected chi connectivity index (χ0v) is 18.8. The molecule has 166 valence electrons. The Morgan fingerprint density at radius 1 is 1.26 bits per heavy atom. The molecule has 0 saturated carbocycles. The first kappa shape index (κ1) is 21.8. The molecule has 0 amide bonds. The summed E-state index contributed by atoms with van der Waals surface area (Å²) in [6.07, 6.45) is 1.57. The summed E-state index contributed by atoms with van der Waals surface area (Å²) in [4.78, 5) is 30.3. The largest absolute Gasteiger partial charge is 0.496 e. The molecule has 8 heteroatoms. The molecular weight excluding hydrogens is 418 g/mol. The van der Waals surface area contributed by atoms with Gasteiger partial charge in [-0.15, -0.1) is 11.3 Å². The maximum absolute atomic E-state index is 12.8. The summed E-state index contributed by atoms with van der Waals surface area (Å²) >= 11 is 1.50. The average molecular weight is 446 g/mol. The fourth-order valence-electron chi connectivity index (χ4n) is 4.32. The molecule has 2 aliphatic heterocycles. The summed E-state index contributed by atoms with van der Waals surface area (Å²) in [7, 11) is 1.64. The van der Waals surface area contributed by atoms with Crippen molar-refractivity contribution < 1.29 is 28.5 Å². The van der Waals surface area contributed by atoms with Crippen molar-refractivity contribution >= 4 is 23.3 Å². The summed E-state index contributed by atoms with van der Waals surface area (Å²) in [5.74, 6) is -0.241. The highest BCUT2D eigenvalue weighted by Gasteiger charge is 2.65. The van der Waals surface area contributed by atoms with Gasteiger partial charge in [0.2, 0.25) is 0 Å². The van der Waals surface area contributed by atoms with Gasteiger partial charge in [0.1, 0.15) is 11.9 Å². The third kappa shape index (κ3) is 4.06. The molecule has 0 bridgehead atoms. The van der Waals surface area contributed by atoms with E-state index in [1.54, 1.807) is 7.11 Å². The number of para-hydroxylation sites is 1. The van der Waals surface area contributed by atoms with Gasteiger partial charge in [0.05, 0.1) is 24.4 Å². The monoisotopic (exact) mass is 445 g/mol. The predicted molar refractivity (Wildman–Crippen MR) is 114 cm³/mol. The van der Waals surface area contributed by atoms with Crippen molar-refractivity contribution in [1.29, 1.82) is 0 Å². The number of aromatic nitrogens is 1. The van der Waals surface area contributed by atoms with Crippen LogP contribution in [0.1, 0.15) is 49.4 Å². The molecule has 3 atom stereocenters. The van der Waals surface area contributed by atoms with Crippen LogP contribution in [-0.2, 0) is 35.8 Å². The first-order valence-corrected chi connectivity index (χ1v) is 11.4. The second-order valence-electron chi connectivity index (χ2n) is 8.30. The third-order valence-corrected chi connectivity index (χ3v) is 6.72. The molecule has 2 aliphatic rings. The van der Waals surface area contributed by atoms with Crippen molar-refractivity contribution in [2.75, 3.05) is 20.3 Å². The van der Waals surface area contributed by atoms with E-state index in [1.807, 2.05) is 43.5 Å². The summed E-state index contributed by atoms with van der Waals surface area (Å²) in [5, 5.41) is 2.79. The number of benzene rings is 1.